The Bertz CT molecular complexity index is 1240. The molecule has 1 unspecified atom stereocenters. The van der Waals surface area contributed by atoms with E-state index in [1.165, 1.54) is 9.80 Å². The van der Waals surface area contributed by atoms with Gasteiger partial charge in [-0.2, -0.15) is 0 Å². The molecule has 3 saturated heterocycles. The molecule has 4 rings (SSSR count). The number of hydrogen-bond donors (Lipinski definition) is 2. The second-order valence-electron chi connectivity index (χ2n) is 11.2. The summed E-state index contributed by atoms with van der Waals surface area (Å²) in [4.78, 5) is 57.1. The van der Waals surface area contributed by atoms with Crippen molar-refractivity contribution >= 4 is 56.9 Å². The van der Waals surface area contributed by atoms with Gasteiger partial charge in [-0.1, -0.05) is 46.6 Å². The third kappa shape index (κ3) is 6.27. The van der Waals surface area contributed by atoms with Crippen LogP contribution in [0.2, 0.25) is 5.02 Å². The van der Waals surface area contributed by atoms with Crippen molar-refractivity contribution in [3.8, 4) is 0 Å². The van der Waals surface area contributed by atoms with Gasteiger partial charge in [-0.15, -0.1) is 13.2 Å². The SMILES string of the molecule is C=CCCC(=O)NC[C@@H](C)OC(=O)[C@H]1[C@@H]2O[C@@]3(CC2Br)[C@@H]1C(=O)N([C@@H](CC)CO)[C@@H]3C(=O)N(CC=C)c1ccc(Cl)cc1. The van der Waals surface area contributed by atoms with E-state index in [9.17, 15) is 24.3 Å². The predicted octanol–water partition coefficient (Wildman–Crippen LogP) is 3.39. The van der Waals surface area contributed by atoms with Crippen LogP contribution in [0.3, 0.4) is 0 Å². The number of rotatable bonds is 14. The number of amides is 3. The van der Waals surface area contributed by atoms with Crippen LogP contribution in [0.15, 0.2) is 49.6 Å². The molecule has 2 bridgehead atoms. The minimum Gasteiger partial charge on any atom is -0.460 e. The van der Waals surface area contributed by atoms with Crippen molar-refractivity contribution in [2.45, 2.75) is 74.3 Å². The zero-order valence-corrected chi connectivity index (χ0v) is 26.8. The number of carbonyl (C=O) groups is 4. The van der Waals surface area contributed by atoms with Crippen LogP contribution in [0.4, 0.5) is 5.69 Å². The van der Waals surface area contributed by atoms with Crippen molar-refractivity contribution in [3.63, 3.8) is 0 Å². The first-order valence-corrected chi connectivity index (χ1v) is 15.8. The van der Waals surface area contributed by atoms with E-state index >= 15 is 0 Å². The highest BCUT2D eigenvalue weighted by molar-refractivity contribution is 9.09. The van der Waals surface area contributed by atoms with Crippen LogP contribution in [-0.4, -0.2) is 88.1 Å². The fourth-order valence-electron chi connectivity index (χ4n) is 6.54. The predicted molar refractivity (Wildman–Crippen MR) is 166 cm³/mol. The van der Waals surface area contributed by atoms with Crippen molar-refractivity contribution < 1.29 is 33.8 Å². The van der Waals surface area contributed by atoms with E-state index < -0.39 is 59.5 Å². The summed E-state index contributed by atoms with van der Waals surface area (Å²) in [5.41, 5.74) is -0.769. The number of aliphatic hydroxyl groups is 1. The minimum absolute atomic E-state index is 0.106. The van der Waals surface area contributed by atoms with E-state index in [1.807, 2.05) is 6.92 Å². The Morgan fingerprint density at radius 3 is 2.60 bits per heavy atom. The lowest BCUT2D eigenvalue weighted by molar-refractivity contribution is -0.159. The minimum atomic E-state index is -1.33. The van der Waals surface area contributed by atoms with Gasteiger partial charge in [0.2, 0.25) is 11.8 Å². The van der Waals surface area contributed by atoms with Crippen molar-refractivity contribution in [3.05, 3.63) is 54.6 Å². The highest BCUT2D eigenvalue weighted by Gasteiger charge is 2.77. The van der Waals surface area contributed by atoms with Gasteiger partial charge in [0, 0.05) is 28.5 Å². The second kappa shape index (κ2) is 13.9. The van der Waals surface area contributed by atoms with E-state index in [4.69, 9.17) is 21.1 Å². The average Bonchev–Trinajstić information content (AvgIpc) is 3.58. The molecule has 0 radical (unpaired) electrons. The lowest BCUT2D eigenvalue weighted by atomic mass is 9.70. The smallest absolute Gasteiger partial charge is 0.312 e. The van der Waals surface area contributed by atoms with Crippen LogP contribution in [0.1, 0.15) is 39.5 Å². The van der Waals surface area contributed by atoms with Crippen LogP contribution < -0.4 is 10.2 Å². The normalized spacial score (nSPS) is 28.6. The lowest BCUT2D eigenvalue weighted by Gasteiger charge is -2.39. The van der Waals surface area contributed by atoms with Crippen molar-refractivity contribution in [1.29, 1.82) is 0 Å². The number of likely N-dealkylation sites (tertiary alicyclic amines) is 1. The molecule has 8 atom stereocenters. The number of halogens is 2. The largest absolute Gasteiger partial charge is 0.460 e. The average molecular weight is 681 g/mol. The number of nitrogens with zero attached hydrogens (tertiary/aromatic N) is 2. The van der Waals surface area contributed by atoms with E-state index in [-0.39, 0.29) is 36.9 Å². The van der Waals surface area contributed by atoms with E-state index in [0.29, 0.717) is 30.0 Å². The highest BCUT2D eigenvalue weighted by Crippen LogP contribution is 2.61. The van der Waals surface area contributed by atoms with Crippen LogP contribution in [0, 0.1) is 11.8 Å². The van der Waals surface area contributed by atoms with Crippen molar-refractivity contribution in [2.75, 3.05) is 24.6 Å². The summed E-state index contributed by atoms with van der Waals surface area (Å²) in [7, 11) is 0. The molecule has 10 nitrogen and oxygen atoms in total. The van der Waals surface area contributed by atoms with Crippen LogP contribution in [0.25, 0.3) is 0 Å². The summed E-state index contributed by atoms with van der Waals surface area (Å²) in [5, 5.41) is 13.5. The Labute approximate surface area is 265 Å². The Hall–Kier alpha value is -2.73. The maximum atomic E-state index is 14.5. The lowest BCUT2D eigenvalue weighted by Crippen LogP contribution is -2.59. The molecule has 3 amide bonds. The first-order chi connectivity index (χ1) is 20.5. The molecule has 2 N–H and O–H groups in total. The maximum Gasteiger partial charge on any atom is 0.312 e. The standard InChI is InChI=1S/C31H39BrClN3O7/c1-5-8-9-23(38)34-16-18(4)42-30(41)24-25-28(39)36(20(7-3)17-37)27(31(25)15-22(32)26(24)43-31)29(40)35(14-6-2)21-12-10-19(33)11-13-21/h5-6,10-13,18,20,22,24-27,37H,1-2,7-9,14-17H2,3-4H3,(H,34,38)/t18-,20+,22?,24-,25+,26-,27-,31+/m1/s1. The number of aliphatic hydroxyl groups excluding tert-OH is 1. The van der Waals surface area contributed by atoms with Crippen molar-refractivity contribution in [1.82, 2.24) is 10.2 Å². The molecule has 43 heavy (non-hydrogen) atoms. The number of carbonyl (C=O) groups excluding carboxylic acids is 4. The van der Waals surface area contributed by atoms with E-state index in [0.717, 1.165) is 0 Å². The van der Waals surface area contributed by atoms with E-state index in [1.54, 1.807) is 43.3 Å². The number of fused-ring (bicyclic) bond motifs is 1. The van der Waals surface area contributed by atoms with Gasteiger partial charge in [-0.05, 0) is 50.5 Å². The summed E-state index contributed by atoms with van der Waals surface area (Å²) in [6.45, 7) is 10.8. The van der Waals surface area contributed by atoms with Crippen LogP contribution in [-0.2, 0) is 28.7 Å². The quantitative estimate of drug-likeness (QED) is 0.175. The number of hydrogen-bond acceptors (Lipinski definition) is 7. The molecule has 3 fully saturated rings. The Morgan fingerprint density at radius 1 is 1.30 bits per heavy atom. The van der Waals surface area contributed by atoms with E-state index in [2.05, 4.69) is 34.4 Å². The Kier molecular flexibility index (Phi) is 10.7. The second-order valence-corrected chi connectivity index (χ2v) is 12.9. The van der Waals surface area contributed by atoms with Gasteiger partial charge in [0.1, 0.15) is 17.7 Å². The molecule has 12 heteroatoms. The van der Waals surface area contributed by atoms with Crippen LogP contribution in [0.5, 0.6) is 0 Å². The maximum absolute atomic E-state index is 14.5. The molecule has 0 aliphatic carbocycles. The molecule has 234 valence electrons. The van der Waals surface area contributed by atoms with Gasteiger partial charge in [0.05, 0.1) is 37.1 Å². The molecule has 0 aromatic heterocycles. The topological polar surface area (TPSA) is 125 Å². The molecule has 1 spiro atoms. The zero-order chi connectivity index (χ0) is 31.5. The Morgan fingerprint density at radius 2 is 2.00 bits per heavy atom. The third-order valence-corrected chi connectivity index (χ3v) is 9.60. The fourth-order valence-corrected chi connectivity index (χ4v) is 7.61. The number of allylic oxidation sites excluding steroid dienone is 1. The molecular weight excluding hydrogens is 642 g/mol. The summed E-state index contributed by atoms with van der Waals surface area (Å²) < 4.78 is 12.3. The number of ether oxygens (including phenoxy) is 2. The van der Waals surface area contributed by atoms with Crippen molar-refractivity contribution in [2.24, 2.45) is 11.8 Å². The van der Waals surface area contributed by atoms with Crippen LogP contribution >= 0.6 is 27.5 Å². The fraction of sp³-hybridized carbons (Fsp3) is 0.548. The summed E-state index contributed by atoms with van der Waals surface area (Å²) in [5.74, 6) is -3.62. The summed E-state index contributed by atoms with van der Waals surface area (Å²) in [6, 6.07) is 4.98. The number of anilines is 1. The van der Waals surface area contributed by atoms with Gasteiger partial charge in [0.15, 0.2) is 0 Å². The first-order valence-electron chi connectivity index (χ1n) is 14.5. The number of alkyl halides is 1. The molecule has 0 saturated carbocycles. The van der Waals surface area contributed by atoms with Gasteiger partial charge >= 0.3 is 5.97 Å². The summed E-state index contributed by atoms with van der Waals surface area (Å²) in [6.07, 6.45) is 3.38. The molecule has 3 heterocycles. The van der Waals surface area contributed by atoms with Gasteiger partial charge < -0.3 is 29.7 Å². The summed E-state index contributed by atoms with van der Waals surface area (Å²) >= 11 is 9.75. The highest BCUT2D eigenvalue weighted by atomic mass is 79.9. The van der Waals surface area contributed by atoms with Gasteiger partial charge in [-0.25, -0.2) is 0 Å². The molecular formula is C31H39BrClN3O7. The van der Waals surface area contributed by atoms with Gasteiger partial charge in [0.25, 0.3) is 5.91 Å². The molecule has 1 aromatic rings. The zero-order valence-electron chi connectivity index (χ0n) is 24.4. The third-order valence-electron chi connectivity index (χ3n) is 8.50. The number of benzene rings is 1. The molecule has 3 aliphatic rings. The van der Waals surface area contributed by atoms with Gasteiger partial charge in [-0.3, -0.25) is 19.2 Å². The molecule has 3 aliphatic heterocycles. The number of esters is 1. The monoisotopic (exact) mass is 679 g/mol. The first kappa shape index (κ1) is 33.2. The Balaban J connectivity index is 1.67. The molecule has 1 aromatic carbocycles. The number of nitrogens with one attached hydrogen (secondary N) is 1.